The lowest BCUT2D eigenvalue weighted by Gasteiger charge is -2.16. The molecule has 1 heterocycles. The number of methoxy groups -OCH3 is 1. The van der Waals surface area contributed by atoms with Gasteiger partial charge in [0.1, 0.15) is 6.33 Å². The van der Waals surface area contributed by atoms with Gasteiger partial charge in [-0.25, -0.2) is 9.97 Å². The highest BCUT2D eigenvalue weighted by molar-refractivity contribution is 5.12. The number of hydrogen-bond acceptors (Lipinski definition) is 4. The average Bonchev–Trinajstić information content (AvgIpc) is 2.30. The highest BCUT2D eigenvalue weighted by atomic mass is 16.5. The summed E-state index contributed by atoms with van der Waals surface area (Å²) in [6, 6.07) is 2.41. The first kappa shape index (κ1) is 14.1. The molecule has 17 heavy (non-hydrogen) atoms. The summed E-state index contributed by atoms with van der Waals surface area (Å²) >= 11 is 0. The van der Waals surface area contributed by atoms with Crippen LogP contribution >= 0.6 is 0 Å². The van der Waals surface area contributed by atoms with Crippen molar-refractivity contribution in [3.05, 3.63) is 23.8 Å². The second kappa shape index (κ2) is 7.35. The fourth-order valence-corrected chi connectivity index (χ4v) is 1.77. The molecule has 96 valence electrons. The third-order valence-electron chi connectivity index (χ3n) is 2.65. The lowest BCUT2D eigenvalue weighted by Crippen LogP contribution is -2.35. The van der Waals surface area contributed by atoms with E-state index in [1.807, 2.05) is 0 Å². The first-order valence-corrected chi connectivity index (χ1v) is 6.20. The van der Waals surface area contributed by atoms with Gasteiger partial charge in [-0.05, 0) is 18.5 Å². The van der Waals surface area contributed by atoms with E-state index in [1.165, 1.54) is 0 Å². The quantitative estimate of drug-likeness (QED) is 0.785. The molecule has 0 fully saturated rings. The fraction of sp³-hybridized carbons (Fsp3) is 0.692. The number of aromatic nitrogens is 2. The van der Waals surface area contributed by atoms with Crippen LogP contribution in [0.25, 0.3) is 0 Å². The van der Waals surface area contributed by atoms with Gasteiger partial charge in [0.25, 0.3) is 0 Å². The highest BCUT2D eigenvalue weighted by Crippen LogP contribution is 2.12. The number of hydrogen-bond donors (Lipinski definition) is 1. The standard InChI is InChI=1S/C13H23N3O/c1-5-14-12(8-17-4)6-11-7-13(10(2)3)16-9-15-11/h7,9-10,12,14H,5-6,8H2,1-4H3. The minimum absolute atomic E-state index is 0.319. The maximum absolute atomic E-state index is 5.20. The van der Waals surface area contributed by atoms with Crippen molar-refractivity contribution >= 4 is 0 Å². The van der Waals surface area contributed by atoms with Gasteiger partial charge in [-0.2, -0.15) is 0 Å². The van der Waals surface area contributed by atoms with Gasteiger partial charge < -0.3 is 10.1 Å². The third kappa shape index (κ3) is 4.79. The van der Waals surface area contributed by atoms with Crippen LogP contribution < -0.4 is 5.32 Å². The van der Waals surface area contributed by atoms with E-state index >= 15 is 0 Å². The Balaban J connectivity index is 2.67. The molecule has 0 aliphatic carbocycles. The van der Waals surface area contributed by atoms with Gasteiger partial charge in [0.2, 0.25) is 0 Å². The van der Waals surface area contributed by atoms with Crippen molar-refractivity contribution in [2.45, 2.75) is 39.2 Å². The smallest absolute Gasteiger partial charge is 0.115 e. The van der Waals surface area contributed by atoms with E-state index in [4.69, 9.17) is 4.74 Å². The molecule has 1 aromatic heterocycles. The minimum atomic E-state index is 0.319. The van der Waals surface area contributed by atoms with E-state index < -0.39 is 0 Å². The molecule has 1 unspecified atom stereocenters. The largest absolute Gasteiger partial charge is 0.383 e. The Morgan fingerprint density at radius 1 is 1.35 bits per heavy atom. The summed E-state index contributed by atoms with van der Waals surface area (Å²) in [5.41, 5.74) is 2.18. The minimum Gasteiger partial charge on any atom is -0.383 e. The molecule has 0 bridgehead atoms. The molecule has 0 aliphatic heterocycles. The van der Waals surface area contributed by atoms with Gasteiger partial charge in [-0.15, -0.1) is 0 Å². The molecule has 4 heteroatoms. The number of ether oxygens (including phenoxy) is 1. The maximum atomic E-state index is 5.20. The molecule has 1 aromatic rings. The van der Waals surface area contributed by atoms with E-state index in [2.05, 4.69) is 42.1 Å². The Labute approximate surface area is 104 Å². The van der Waals surface area contributed by atoms with E-state index in [0.29, 0.717) is 18.6 Å². The van der Waals surface area contributed by atoms with Gasteiger partial charge >= 0.3 is 0 Å². The van der Waals surface area contributed by atoms with Gasteiger partial charge in [-0.3, -0.25) is 0 Å². The molecule has 1 N–H and O–H groups in total. The van der Waals surface area contributed by atoms with Gasteiger partial charge in [0.05, 0.1) is 6.61 Å². The molecular formula is C13H23N3O. The lowest BCUT2D eigenvalue weighted by molar-refractivity contribution is 0.166. The lowest BCUT2D eigenvalue weighted by atomic mass is 10.1. The van der Waals surface area contributed by atoms with Gasteiger partial charge in [-0.1, -0.05) is 20.8 Å². The fourth-order valence-electron chi connectivity index (χ4n) is 1.77. The summed E-state index contributed by atoms with van der Waals surface area (Å²) in [6.45, 7) is 8.03. The molecule has 1 atom stereocenters. The molecule has 0 spiro atoms. The maximum Gasteiger partial charge on any atom is 0.115 e. The van der Waals surface area contributed by atoms with Crippen LogP contribution in [-0.4, -0.2) is 36.3 Å². The monoisotopic (exact) mass is 237 g/mol. The second-order valence-corrected chi connectivity index (χ2v) is 4.50. The summed E-state index contributed by atoms with van der Waals surface area (Å²) in [5, 5.41) is 3.40. The van der Waals surface area contributed by atoms with Crippen molar-refractivity contribution in [1.29, 1.82) is 0 Å². The van der Waals surface area contributed by atoms with Crippen LogP contribution in [0.15, 0.2) is 12.4 Å². The van der Waals surface area contributed by atoms with Crippen LogP contribution in [0.5, 0.6) is 0 Å². The molecule has 0 amide bonds. The second-order valence-electron chi connectivity index (χ2n) is 4.50. The SMILES string of the molecule is CCNC(COC)Cc1cc(C(C)C)ncn1. The summed E-state index contributed by atoms with van der Waals surface area (Å²) in [6.07, 6.45) is 2.53. The van der Waals surface area contributed by atoms with Crippen LogP contribution in [0.3, 0.4) is 0 Å². The van der Waals surface area contributed by atoms with Crippen molar-refractivity contribution < 1.29 is 4.74 Å². The summed E-state index contributed by atoms with van der Waals surface area (Å²) in [7, 11) is 1.73. The number of nitrogens with one attached hydrogen (secondary N) is 1. The predicted molar refractivity (Wildman–Crippen MR) is 69.2 cm³/mol. The summed E-state index contributed by atoms with van der Waals surface area (Å²) in [5.74, 6) is 0.441. The highest BCUT2D eigenvalue weighted by Gasteiger charge is 2.10. The molecule has 0 aliphatic rings. The van der Waals surface area contributed by atoms with Crippen LogP contribution in [0, 0.1) is 0 Å². The van der Waals surface area contributed by atoms with E-state index in [-0.39, 0.29) is 0 Å². The zero-order valence-corrected chi connectivity index (χ0v) is 11.2. The predicted octanol–water partition coefficient (Wildman–Crippen LogP) is 1.77. The van der Waals surface area contributed by atoms with Crippen LogP contribution in [-0.2, 0) is 11.2 Å². The normalized spacial score (nSPS) is 13.0. The third-order valence-corrected chi connectivity index (χ3v) is 2.65. The Hall–Kier alpha value is -1.00. The van der Waals surface area contributed by atoms with E-state index in [0.717, 1.165) is 24.4 Å². The van der Waals surface area contributed by atoms with Crippen molar-refractivity contribution in [2.75, 3.05) is 20.3 Å². The molecular weight excluding hydrogens is 214 g/mol. The van der Waals surface area contributed by atoms with E-state index in [1.54, 1.807) is 13.4 Å². The van der Waals surface area contributed by atoms with Crippen molar-refractivity contribution in [3.63, 3.8) is 0 Å². The zero-order valence-electron chi connectivity index (χ0n) is 11.2. The number of nitrogens with zero attached hydrogens (tertiary/aromatic N) is 2. The van der Waals surface area contributed by atoms with Crippen molar-refractivity contribution in [1.82, 2.24) is 15.3 Å². The Kier molecular flexibility index (Phi) is 6.08. The molecule has 1 rings (SSSR count). The Morgan fingerprint density at radius 3 is 2.71 bits per heavy atom. The van der Waals surface area contributed by atoms with Crippen LogP contribution in [0.2, 0.25) is 0 Å². The molecule has 4 nitrogen and oxygen atoms in total. The molecule has 0 aromatic carbocycles. The molecule has 0 saturated heterocycles. The van der Waals surface area contributed by atoms with E-state index in [9.17, 15) is 0 Å². The topological polar surface area (TPSA) is 47.0 Å². The number of likely N-dealkylation sites (N-methyl/N-ethyl adjacent to an activating group) is 1. The summed E-state index contributed by atoms with van der Waals surface area (Å²) < 4.78 is 5.20. The van der Waals surface area contributed by atoms with Crippen LogP contribution in [0.4, 0.5) is 0 Å². The number of rotatable bonds is 7. The molecule has 0 saturated carbocycles. The van der Waals surface area contributed by atoms with Crippen LogP contribution in [0.1, 0.15) is 38.1 Å². The first-order valence-electron chi connectivity index (χ1n) is 6.20. The Bertz CT molecular complexity index is 322. The van der Waals surface area contributed by atoms with Gasteiger partial charge in [0.15, 0.2) is 0 Å². The first-order chi connectivity index (χ1) is 8.17. The molecule has 0 radical (unpaired) electrons. The van der Waals surface area contributed by atoms with Gasteiger partial charge in [0, 0.05) is 31.0 Å². The zero-order chi connectivity index (χ0) is 12.7. The Morgan fingerprint density at radius 2 is 2.12 bits per heavy atom. The average molecular weight is 237 g/mol. The van der Waals surface area contributed by atoms with Crippen molar-refractivity contribution in [3.8, 4) is 0 Å². The van der Waals surface area contributed by atoms with Crippen molar-refractivity contribution in [2.24, 2.45) is 0 Å². The summed E-state index contributed by atoms with van der Waals surface area (Å²) in [4.78, 5) is 8.59.